The molecule has 78 valence electrons. The Labute approximate surface area is 81.4 Å². The SMILES string of the molecule is Cc1cc(C(O)C(C)N)c(F)cc1F. The Morgan fingerprint density at radius 2 is 1.86 bits per heavy atom. The highest BCUT2D eigenvalue weighted by Crippen LogP contribution is 2.22. The largest absolute Gasteiger partial charge is 0.387 e. The van der Waals surface area contributed by atoms with Gasteiger partial charge in [-0.3, -0.25) is 0 Å². The molecule has 1 aromatic rings. The molecule has 14 heavy (non-hydrogen) atoms. The fraction of sp³-hybridized carbons (Fsp3) is 0.400. The van der Waals surface area contributed by atoms with E-state index < -0.39 is 23.8 Å². The second-order valence-electron chi connectivity index (χ2n) is 3.43. The van der Waals surface area contributed by atoms with E-state index >= 15 is 0 Å². The summed E-state index contributed by atoms with van der Waals surface area (Å²) in [5.41, 5.74) is 5.75. The molecule has 0 saturated heterocycles. The average Bonchev–Trinajstić information content (AvgIpc) is 2.10. The lowest BCUT2D eigenvalue weighted by atomic mass is 10.0. The van der Waals surface area contributed by atoms with Crippen LogP contribution in [-0.4, -0.2) is 11.1 Å². The van der Waals surface area contributed by atoms with Crippen LogP contribution in [0.5, 0.6) is 0 Å². The van der Waals surface area contributed by atoms with E-state index in [1.807, 2.05) is 0 Å². The van der Waals surface area contributed by atoms with Crippen LogP contribution in [0.2, 0.25) is 0 Å². The van der Waals surface area contributed by atoms with Crippen LogP contribution in [0, 0.1) is 18.6 Å². The number of nitrogens with two attached hydrogens (primary N) is 1. The molecule has 4 heteroatoms. The van der Waals surface area contributed by atoms with Crippen molar-refractivity contribution in [2.45, 2.75) is 26.0 Å². The maximum absolute atomic E-state index is 13.2. The summed E-state index contributed by atoms with van der Waals surface area (Å²) in [5, 5.41) is 9.51. The predicted octanol–water partition coefficient (Wildman–Crippen LogP) is 1.65. The standard InChI is InChI=1S/C10H13F2NO/c1-5-3-7(10(14)6(2)13)9(12)4-8(5)11/h3-4,6,10,14H,13H2,1-2H3. The maximum Gasteiger partial charge on any atom is 0.131 e. The molecular weight excluding hydrogens is 188 g/mol. The van der Waals surface area contributed by atoms with Crippen LogP contribution in [0.4, 0.5) is 8.78 Å². The van der Waals surface area contributed by atoms with Crippen LogP contribution >= 0.6 is 0 Å². The minimum absolute atomic E-state index is 0.0406. The molecule has 2 unspecified atom stereocenters. The van der Waals surface area contributed by atoms with Gasteiger partial charge in [0.05, 0.1) is 6.10 Å². The zero-order chi connectivity index (χ0) is 10.9. The van der Waals surface area contributed by atoms with Crippen molar-refractivity contribution in [2.75, 3.05) is 0 Å². The molecule has 1 rings (SSSR count). The number of rotatable bonds is 2. The Hall–Kier alpha value is -1.00. The molecule has 0 aliphatic heterocycles. The number of aryl methyl sites for hydroxylation is 1. The van der Waals surface area contributed by atoms with Crippen molar-refractivity contribution in [2.24, 2.45) is 5.73 Å². The van der Waals surface area contributed by atoms with Gasteiger partial charge in [0.15, 0.2) is 0 Å². The van der Waals surface area contributed by atoms with Crippen LogP contribution in [0.3, 0.4) is 0 Å². The van der Waals surface area contributed by atoms with Crippen LogP contribution in [0.1, 0.15) is 24.2 Å². The van der Waals surface area contributed by atoms with Crippen LogP contribution < -0.4 is 5.73 Å². The van der Waals surface area contributed by atoms with Crippen molar-refractivity contribution in [1.29, 1.82) is 0 Å². The summed E-state index contributed by atoms with van der Waals surface area (Å²) in [6.45, 7) is 3.06. The Balaban J connectivity index is 3.15. The van der Waals surface area contributed by atoms with E-state index in [2.05, 4.69) is 0 Å². The molecule has 3 N–H and O–H groups in total. The quantitative estimate of drug-likeness (QED) is 0.764. The molecule has 2 nitrogen and oxygen atoms in total. The molecule has 0 fully saturated rings. The van der Waals surface area contributed by atoms with E-state index in [1.54, 1.807) is 6.92 Å². The van der Waals surface area contributed by atoms with E-state index in [-0.39, 0.29) is 5.56 Å². The number of aliphatic hydroxyl groups excluding tert-OH is 1. The number of aliphatic hydroxyl groups is 1. The second-order valence-corrected chi connectivity index (χ2v) is 3.43. The molecule has 0 aliphatic rings. The lowest BCUT2D eigenvalue weighted by Crippen LogP contribution is -2.25. The van der Waals surface area contributed by atoms with Gasteiger partial charge >= 0.3 is 0 Å². The summed E-state index contributed by atoms with van der Waals surface area (Å²) in [5.74, 6) is -1.39. The molecule has 1 aromatic carbocycles. The Bertz CT molecular complexity index is 339. The highest BCUT2D eigenvalue weighted by molar-refractivity contribution is 5.28. The molecule has 0 radical (unpaired) electrons. The van der Waals surface area contributed by atoms with Crippen molar-refractivity contribution in [3.05, 3.63) is 34.9 Å². The molecule has 0 saturated carbocycles. The van der Waals surface area contributed by atoms with Gasteiger partial charge < -0.3 is 10.8 Å². The van der Waals surface area contributed by atoms with E-state index in [4.69, 9.17) is 5.73 Å². The van der Waals surface area contributed by atoms with Gasteiger partial charge in [-0.05, 0) is 25.5 Å². The van der Waals surface area contributed by atoms with Gasteiger partial charge in [-0.2, -0.15) is 0 Å². The van der Waals surface area contributed by atoms with Gasteiger partial charge in [-0.25, -0.2) is 8.78 Å². The molecule has 2 atom stereocenters. The van der Waals surface area contributed by atoms with Crippen molar-refractivity contribution in [3.63, 3.8) is 0 Å². The molecular formula is C10H13F2NO. The monoisotopic (exact) mass is 201 g/mol. The van der Waals surface area contributed by atoms with Gasteiger partial charge in [-0.15, -0.1) is 0 Å². The van der Waals surface area contributed by atoms with Crippen molar-refractivity contribution in [3.8, 4) is 0 Å². The van der Waals surface area contributed by atoms with Gasteiger partial charge in [0, 0.05) is 17.7 Å². The Morgan fingerprint density at radius 1 is 1.29 bits per heavy atom. The van der Waals surface area contributed by atoms with Gasteiger partial charge in [-0.1, -0.05) is 0 Å². The normalized spacial score (nSPS) is 15.3. The fourth-order valence-corrected chi connectivity index (χ4v) is 1.19. The zero-order valence-electron chi connectivity index (χ0n) is 8.09. The third-order valence-electron chi connectivity index (χ3n) is 2.09. The topological polar surface area (TPSA) is 46.2 Å². The van der Waals surface area contributed by atoms with Gasteiger partial charge in [0.2, 0.25) is 0 Å². The summed E-state index contributed by atoms with van der Waals surface area (Å²) < 4.78 is 26.1. The smallest absolute Gasteiger partial charge is 0.131 e. The molecule has 0 aliphatic carbocycles. The van der Waals surface area contributed by atoms with Gasteiger partial charge in [0.25, 0.3) is 0 Å². The minimum atomic E-state index is -1.10. The van der Waals surface area contributed by atoms with Crippen molar-refractivity contribution < 1.29 is 13.9 Å². The van der Waals surface area contributed by atoms with E-state index in [0.29, 0.717) is 5.56 Å². The first-order valence-electron chi connectivity index (χ1n) is 4.32. The summed E-state index contributed by atoms with van der Waals surface area (Å²) >= 11 is 0. The number of hydrogen-bond acceptors (Lipinski definition) is 2. The third kappa shape index (κ3) is 2.08. The molecule has 0 aromatic heterocycles. The van der Waals surface area contributed by atoms with E-state index in [0.717, 1.165) is 6.07 Å². The van der Waals surface area contributed by atoms with Gasteiger partial charge in [0.1, 0.15) is 11.6 Å². The highest BCUT2D eigenvalue weighted by atomic mass is 19.1. The molecule has 0 amide bonds. The maximum atomic E-state index is 13.2. The summed E-state index contributed by atoms with van der Waals surface area (Å²) in [7, 11) is 0. The lowest BCUT2D eigenvalue weighted by molar-refractivity contribution is 0.148. The van der Waals surface area contributed by atoms with Crippen LogP contribution in [0.25, 0.3) is 0 Å². The van der Waals surface area contributed by atoms with Crippen LogP contribution in [-0.2, 0) is 0 Å². The number of hydrogen-bond donors (Lipinski definition) is 2. The first-order valence-corrected chi connectivity index (χ1v) is 4.32. The molecule has 0 heterocycles. The van der Waals surface area contributed by atoms with Crippen molar-refractivity contribution >= 4 is 0 Å². The fourth-order valence-electron chi connectivity index (χ4n) is 1.19. The number of benzene rings is 1. The lowest BCUT2D eigenvalue weighted by Gasteiger charge is -2.16. The summed E-state index contributed by atoms with van der Waals surface area (Å²) in [6.07, 6.45) is -1.10. The third-order valence-corrected chi connectivity index (χ3v) is 2.09. The molecule has 0 bridgehead atoms. The highest BCUT2D eigenvalue weighted by Gasteiger charge is 2.18. The zero-order valence-corrected chi connectivity index (χ0v) is 8.09. The number of halogens is 2. The van der Waals surface area contributed by atoms with Crippen LogP contribution in [0.15, 0.2) is 12.1 Å². The van der Waals surface area contributed by atoms with E-state index in [1.165, 1.54) is 13.0 Å². The average molecular weight is 201 g/mol. The minimum Gasteiger partial charge on any atom is -0.387 e. The first kappa shape index (κ1) is 11.1. The first-order chi connectivity index (χ1) is 6.43. The summed E-state index contributed by atoms with van der Waals surface area (Å²) in [4.78, 5) is 0. The van der Waals surface area contributed by atoms with Crippen molar-refractivity contribution in [1.82, 2.24) is 0 Å². The Kier molecular flexibility index (Phi) is 3.18. The summed E-state index contributed by atoms with van der Waals surface area (Å²) in [6, 6.07) is 1.45. The predicted molar refractivity (Wildman–Crippen MR) is 49.7 cm³/mol. The molecule has 0 spiro atoms. The second kappa shape index (κ2) is 4.02. The Morgan fingerprint density at radius 3 is 2.36 bits per heavy atom. The van der Waals surface area contributed by atoms with E-state index in [9.17, 15) is 13.9 Å².